The van der Waals surface area contributed by atoms with E-state index >= 15 is 0 Å². The molecule has 0 aliphatic heterocycles. The van der Waals surface area contributed by atoms with Crippen LogP contribution < -0.4 is 4.74 Å². The van der Waals surface area contributed by atoms with Gasteiger partial charge in [0.1, 0.15) is 5.75 Å². The van der Waals surface area contributed by atoms with Crippen LogP contribution in [0.1, 0.15) is 18.6 Å². The molecule has 0 unspecified atom stereocenters. The van der Waals surface area contributed by atoms with Gasteiger partial charge in [-0.15, -0.1) is 0 Å². The summed E-state index contributed by atoms with van der Waals surface area (Å²) in [6.07, 6.45) is 0.312. The molecule has 1 atom stereocenters. The van der Waals surface area contributed by atoms with E-state index in [9.17, 15) is 17.9 Å². The maximum absolute atomic E-state index is 13.9. The first-order chi connectivity index (χ1) is 9.77. The molecule has 0 aromatic heterocycles. The second-order valence-corrected chi connectivity index (χ2v) is 6.73. The number of hydrogen-bond donors (Lipinski definition) is 1. The Balaban J connectivity index is 2.31. The van der Waals surface area contributed by atoms with Crippen molar-refractivity contribution in [3.05, 3.63) is 53.8 Å². The number of hydrogen-bond acceptors (Lipinski definition) is 4. The van der Waals surface area contributed by atoms with E-state index in [1.165, 1.54) is 43.3 Å². The second kappa shape index (κ2) is 5.83. The van der Waals surface area contributed by atoms with Crippen molar-refractivity contribution in [1.82, 2.24) is 0 Å². The van der Waals surface area contributed by atoms with E-state index in [1.54, 1.807) is 6.07 Å². The summed E-state index contributed by atoms with van der Waals surface area (Å²) in [4.78, 5) is 0.0982. The highest BCUT2D eigenvalue weighted by Gasteiger charge is 2.11. The Morgan fingerprint density at radius 1 is 1.19 bits per heavy atom. The highest BCUT2D eigenvalue weighted by molar-refractivity contribution is 7.90. The van der Waals surface area contributed by atoms with E-state index in [4.69, 9.17) is 4.74 Å². The van der Waals surface area contributed by atoms with Gasteiger partial charge < -0.3 is 9.84 Å². The number of rotatable bonds is 4. The molecule has 2 aromatic rings. The second-order valence-electron chi connectivity index (χ2n) is 4.71. The quantitative estimate of drug-likeness (QED) is 0.942. The topological polar surface area (TPSA) is 63.6 Å². The summed E-state index contributed by atoms with van der Waals surface area (Å²) >= 11 is 0. The van der Waals surface area contributed by atoms with Gasteiger partial charge >= 0.3 is 0 Å². The van der Waals surface area contributed by atoms with Gasteiger partial charge in [-0.3, -0.25) is 0 Å². The predicted octanol–water partition coefficient (Wildman–Crippen LogP) is 3.07. The lowest BCUT2D eigenvalue weighted by Gasteiger charge is -2.10. The molecule has 4 nitrogen and oxygen atoms in total. The lowest BCUT2D eigenvalue weighted by atomic mass is 10.1. The summed E-state index contributed by atoms with van der Waals surface area (Å²) in [5.74, 6) is -0.440. The first-order valence-corrected chi connectivity index (χ1v) is 8.12. The molecule has 0 amide bonds. The number of aliphatic hydroxyl groups excluding tert-OH is 1. The third-order valence-corrected chi connectivity index (χ3v) is 4.01. The Bertz CT molecular complexity index is 754. The van der Waals surface area contributed by atoms with Crippen molar-refractivity contribution in [3.8, 4) is 11.5 Å². The SMILES string of the molecule is C[C@@H](O)c1ccc(Oc2cccc(S(C)(=O)=O)c2)c(F)c1. The zero-order valence-electron chi connectivity index (χ0n) is 11.6. The lowest BCUT2D eigenvalue weighted by molar-refractivity contribution is 0.198. The molecule has 0 saturated heterocycles. The minimum absolute atomic E-state index is 0.0370. The molecule has 2 rings (SSSR count). The molecule has 21 heavy (non-hydrogen) atoms. The van der Waals surface area contributed by atoms with Crippen molar-refractivity contribution in [2.75, 3.05) is 6.26 Å². The van der Waals surface area contributed by atoms with Crippen molar-refractivity contribution in [1.29, 1.82) is 0 Å². The van der Waals surface area contributed by atoms with Crippen LogP contribution in [0.25, 0.3) is 0 Å². The fraction of sp³-hybridized carbons (Fsp3) is 0.200. The van der Waals surface area contributed by atoms with Crippen molar-refractivity contribution in [3.63, 3.8) is 0 Å². The molecular weight excluding hydrogens is 295 g/mol. The monoisotopic (exact) mass is 310 g/mol. The largest absolute Gasteiger partial charge is 0.454 e. The fourth-order valence-corrected chi connectivity index (χ4v) is 2.41. The molecule has 112 valence electrons. The molecule has 2 aromatic carbocycles. The van der Waals surface area contributed by atoms with Gasteiger partial charge in [0, 0.05) is 6.26 Å². The van der Waals surface area contributed by atoms with Crippen molar-refractivity contribution < 1.29 is 22.7 Å². The zero-order valence-corrected chi connectivity index (χ0v) is 12.4. The molecular formula is C15H15FO4S. The van der Waals surface area contributed by atoms with Crippen LogP contribution in [0.15, 0.2) is 47.4 Å². The van der Waals surface area contributed by atoms with Gasteiger partial charge in [0.05, 0.1) is 11.0 Å². The van der Waals surface area contributed by atoms with Gasteiger partial charge in [0.25, 0.3) is 0 Å². The maximum atomic E-state index is 13.9. The summed E-state index contributed by atoms with van der Waals surface area (Å²) in [6, 6.07) is 9.95. The van der Waals surface area contributed by atoms with Gasteiger partial charge in [0.2, 0.25) is 0 Å². The third kappa shape index (κ3) is 3.80. The Labute approximate surface area is 122 Å². The highest BCUT2D eigenvalue weighted by atomic mass is 32.2. The normalized spacial score (nSPS) is 13.0. The van der Waals surface area contributed by atoms with E-state index in [-0.39, 0.29) is 16.4 Å². The fourth-order valence-electron chi connectivity index (χ4n) is 1.76. The minimum atomic E-state index is -3.35. The summed E-state index contributed by atoms with van der Waals surface area (Å²) in [7, 11) is -3.35. The van der Waals surface area contributed by atoms with Crippen molar-refractivity contribution in [2.24, 2.45) is 0 Å². The first kappa shape index (κ1) is 15.5. The minimum Gasteiger partial charge on any atom is -0.454 e. The van der Waals surface area contributed by atoms with Crippen LogP contribution in [0.3, 0.4) is 0 Å². The molecule has 6 heteroatoms. The van der Waals surface area contributed by atoms with Gasteiger partial charge in [-0.2, -0.15) is 0 Å². The molecule has 0 aliphatic rings. The first-order valence-electron chi connectivity index (χ1n) is 6.23. The highest BCUT2D eigenvalue weighted by Crippen LogP contribution is 2.28. The average molecular weight is 310 g/mol. The van der Waals surface area contributed by atoms with Crippen LogP contribution in [-0.2, 0) is 9.84 Å². The summed E-state index contributed by atoms with van der Waals surface area (Å²) in [6.45, 7) is 1.53. The Morgan fingerprint density at radius 2 is 1.90 bits per heavy atom. The smallest absolute Gasteiger partial charge is 0.175 e. The molecule has 0 spiro atoms. The molecule has 0 saturated carbocycles. The van der Waals surface area contributed by atoms with Gasteiger partial charge in [-0.05, 0) is 42.8 Å². The van der Waals surface area contributed by atoms with Gasteiger partial charge in [-0.25, -0.2) is 12.8 Å². The molecule has 0 heterocycles. The van der Waals surface area contributed by atoms with Crippen LogP contribution in [0, 0.1) is 5.82 Å². The van der Waals surface area contributed by atoms with Crippen LogP contribution in [0.2, 0.25) is 0 Å². The predicted molar refractivity (Wildman–Crippen MR) is 76.7 cm³/mol. The number of sulfone groups is 1. The van der Waals surface area contributed by atoms with Crippen LogP contribution >= 0.6 is 0 Å². The summed E-state index contributed by atoms with van der Waals surface area (Å²) < 4.78 is 42.2. The van der Waals surface area contributed by atoms with E-state index in [1.807, 2.05) is 0 Å². The third-order valence-electron chi connectivity index (χ3n) is 2.90. The van der Waals surface area contributed by atoms with Gasteiger partial charge in [-0.1, -0.05) is 12.1 Å². The van der Waals surface area contributed by atoms with E-state index in [0.29, 0.717) is 5.56 Å². The Morgan fingerprint density at radius 3 is 2.48 bits per heavy atom. The molecule has 0 fully saturated rings. The summed E-state index contributed by atoms with van der Waals surface area (Å²) in [5.41, 5.74) is 0.435. The lowest BCUT2D eigenvalue weighted by Crippen LogP contribution is -1.98. The van der Waals surface area contributed by atoms with Gasteiger partial charge in [0.15, 0.2) is 21.4 Å². The van der Waals surface area contributed by atoms with E-state index < -0.39 is 21.8 Å². The molecule has 0 radical (unpaired) electrons. The number of benzene rings is 2. The van der Waals surface area contributed by atoms with E-state index in [0.717, 1.165) is 6.26 Å². The molecule has 1 N–H and O–H groups in total. The average Bonchev–Trinajstić information content (AvgIpc) is 2.40. The van der Waals surface area contributed by atoms with E-state index in [2.05, 4.69) is 0 Å². The standard InChI is InChI=1S/C15H15FO4S/c1-10(17)11-6-7-15(14(16)8-11)20-12-4-3-5-13(9-12)21(2,18)19/h3-10,17H,1-2H3/t10-/m1/s1. The Kier molecular flexibility index (Phi) is 4.29. The molecule has 0 aliphatic carbocycles. The zero-order chi connectivity index (χ0) is 15.6. The maximum Gasteiger partial charge on any atom is 0.175 e. The number of halogens is 1. The van der Waals surface area contributed by atoms with Crippen LogP contribution in [-0.4, -0.2) is 19.8 Å². The number of aliphatic hydroxyl groups is 1. The van der Waals surface area contributed by atoms with Crippen molar-refractivity contribution in [2.45, 2.75) is 17.9 Å². The van der Waals surface area contributed by atoms with Crippen molar-refractivity contribution >= 4 is 9.84 Å². The van der Waals surface area contributed by atoms with Crippen LogP contribution in [0.5, 0.6) is 11.5 Å². The Hall–Kier alpha value is -1.92. The summed E-state index contributed by atoms with van der Waals surface area (Å²) in [5, 5.41) is 9.38. The molecule has 0 bridgehead atoms. The van der Waals surface area contributed by atoms with Crippen LogP contribution in [0.4, 0.5) is 4.39 Å². The number of ether oxygens (including phenoxy) is 1.